The fourth-order valence-electron chi connectivity index (χ4n) is 3.28. The minimum absolute atomic E-state index is 0. The largest absolute Gasteiger partial charge is 0.392 e. The first-order chi connectivity index (χ1) is 8.46. The summed E-state index contributed by atoms with van der Waals surface area (Å²) in [5, 5.41) is 13.1. The second-order valence-electron chi connectivity index (χ2n) is 6.46. The molecule has 2 fully saturated rings. The van der Waals surface area contributed by atoms with E-state index in [0.29, 0.717) is 6.54 Å². The molecule has 0 radical (unpaired) electrons. The van der Waals surface area contributed by atoms with Gasteiger partial charge in [-0.05, 0) is 25.7 Å². The molecular weight excluding hydrogens is 264 g/mol. The van der Waals surface area contributed by atoms with Crippen molar-refractivity contribution in [2.45, 2.75) is 69.9 Å². The maximum absolute atomic E-state index is 12.1. The monoisotopic (exact) mass is 290 g/mol. The van der Waals surface area contributed by atoms with Gasteiger partial charge in [0.1, 0.15) is 0 Å². The molecule has 0 saturated heterocycles. The molecule has 0 spiro atoms. The average Bonchev–Trinajstić information content (AvgIpc) is 2.79. The van der Waals surface area contributed by atoms with Crippen LogP contribution >= 0.6 is 12.4 Å². The number of nitrogens with one attached hydrogen (secondary N) is 1. The number of amides is 1. The van der Waals surface area contributed by atoms with Gasteiger partial charge in [0.2, 0.25) is 5.91 Å². The Balaban J connectivity index is 0.00000180. The second kappa shape index (κ2) is 6.42. The zero-order chi connectivity index (χ0) is 13.2. The molecule has 0 heterocycles. The summed E-state index contributed by atoms with van der Waals surface area (Å²) in [6, 6.07) is 0. The molecule has 5 heteroatoms. The third-order valence-corrected chi connectivity index (χ3v) is 4.88. The van der Waals surface area contributed by atoms with E-state index in [1.807, 2.05) is 0 Å². The van der Waals surface area contributed by atoms with E-state index in [1.165, 1.54) is 0 Å². The van der Waals surface area contributed by atoms with Gasteiger partial charge >= 0.3 is 0 Å². The Bertz CT molecular complexity index is 319. The predicted octanol–water partition coefficient (Wildman–Crippen LogP) is 1.74. The van der Waals surface area contributed by atoms with Crippen LogP contribution in [0.2, 0.25) is 0 Å². The molecule has 4 N–H and O–H groups in total. The lowest BCUT2D eigenvalue weighted by atomic mass is 9.73. The summed E-state index contributed by atoms with van der Waals surface area (Å²) in [4.78, 5) is 12.1. The second-order valence-corrected chi connectivity index (χ2v) is 6.46. The molecule has 1 amide bonds. The Labute approximate surface area is 121 Å². The summed E-state index contributed by atoms with van der Waals surface area (Å²) < 4.78 is 0. The van der Waals surface area contributed by atoms with Gasteiger partial charge in [-0.3, -0.25) is 4.79 Å². The number of halogens is 1. The van der Waals surface area contributed by atoms with Crippen molar-refractivity contribution < 1.29 is 9.90 Å². The van der Waals surface area contributed by atoms with Gasteiger partial charge in [-0.15, -0.1) is 12.4 Å². The lowest BCUT2D eigenvalue weighted by Crippen LogP contribution is -2.55. The van der Waals surface area contributed by atoms with Crippen molar-refractivity contribution in [2.75, 3.05) is 6.54 Å². The zero-order valence-corrected chi connectivity index (χ0v) is 12.6. The Morgan fingerprint density at radius 2 is 1.84 bits per heavy atom. The molecule has 2 unspecified atom stereocenters. The lowest BCUT2D eigenvalue weighted by molar-refractivity contribution is -0.127. The van der Waals surface area contributed by atoms with Crippen LogP contribution in [0.15, 0.2) is 0 Å². The van der Waals surface area contributed by atoms with Gasteiger partial charge in [-0.2, -0.15) is 0 Å². The highest BCUT2D eigenvalue weighted by Crippen LogP contribution is 2.36. The number of nitrogens with two attached hydrogens (primary N) is 1. The minimum atomic E-state index is -0.657. The topological polar surface area (TPSA) is 75.4 Å². The minimum Gasteiger partial charge on any atom is -0.392 e. The van der Waals surface area contributed by atoms with E-state index in [0.717, 1.165) is 51.4 Å². The third-order valence-electron chi connectivity index (χ3n) is 4.88. The SMILES string of the molecule is CC1(CNC(=O)C2(N)CCCC2)CCCCC1O.Cl. The molecule has 2 saturated carbocycles. The number of aliphatic hydroxyl groups excluding tert-OH is 1. The van der Waals surface area contributed by atoms with Crippen molar-refractivity contribution in [1.29, 1.82) is 0 Å². The molecule has 19 heavy (non-hydrogen) atoms. The van der Waals surface area contributed by atoms with Crippen LogP contribution in [0.3, 0.4) is 0 Å². The number of hydrogen-bond acceptors (Lipinski definition) is 3. The molecule has 0 aromatic rings. The van der Waals surface area contributed by atoms with Gasteiger partial charge in [-0.1, -0.05) is 32.6 Å². The number of aliphatic hydroxyl groups is 1. The molecule has 112 valence electrons. The van der Waals surface area contributed by atoms with Gasteiger partial charge in [0, 0.05) is 12.0 Å². The van der Waals surface area contributed by atoms with Crippen molar-refractivity contribution in [3.63, 3.8) is 0 Å². The van der Waals surface area contributed by atoms with E-state index >= 15 is 0 Å². The van der Waals surface area contributed by atoms with Gasteiger partial charge in [-0.25, -0.2) is 0 Å². The van der Waals surface area contributed by atoms with Crippen LogP contribution in [0.1, 0.15) is 58.3 Å². The average molecular weight is 291 g/mol. The van der Waals surface area contributed by atoms with Crippen LogP contribution in [-0.2, 0) is 4.79 Å². The molecular formula is C14H27ClN2O2. The van der Waals surface area contributed by atoms with Crippen molar-refractivity contribution in [3.8, 4) is 0 Å². The zero-order valence-electron chi connectivity index (χ0n) is 11.8. The van der Waals surface area contributed by atoms with Crippen LogP contribution in [0.5, 0.6) is 0 Å². The molecule has 2 aliphatic rings. The van der Waals surface area contributed by atoms with E-state index in [2.05, 4.69) is 12.2 Å². The maximum Gasteiger partial charge on any atom is 0.240 e. The Hall–Kier alpha value is -0.320. The molecule has 0 aliphatic heterocycles. The number of rotatable bonds is 3. The molecule has 2 atom stereocenters. The first-order valence-electron chi connectivity index (χ1n) is 7.22. The Morgan fingerprint density at radius 1 is 1.26 bits per heavy atom. The van der Waals surface area contributed by atoms with Gasteiger partial charge in [0.15, 0.2) is 0 Å². The van der Waals surface area contributed by atoms with Crippen molar-refractivity contribution in [1.82, 2.24) is 5.32 Å². The lowest BCUT2D eigenvalue weighted by Gasteiger charge is -2.39. The van der Waals surface area contributed by atoms with Crippen LogP contribution in [0.25, 0.3) is 0 Å². The highest BCUT2D eigenvalue weighted by Gasteiger charge is 2.40. The highest BCUT2D eigenvalue weighted by atomic mass is 35.5. The summed E-state index contributed by atoms with van der Waals surface area (Å²) in [6.45, 7) is 2.61. The standard InChI is InChI=1S/C14H26N2O2.ClH/c1-13(7-3-2-6-11(13)17)10-16-12(18)14(15)8-4-5-9-14;/h11,17H,2-10,15H2,1H3,(H,16,18);1H. The van der Waals surface area contributed by atoms with E-state index in [-0.39, 0.29) is 29.8 Å². The highest BCUT2D eigenvalue weighted by molar-refractivity contribution is 5.86. The van der Waals surface area contributed by atoms with E-state index in [9.17, 15) is 9.90 Å². The van der Waals surface area contributed by atoms with Crippen LogP contribution < -0.4 is 11.1 Å². The van der Waals surface area contributed by atoms with Crippen LogP contribution in [0, 0.1) is 5.41 Å². The molecule has 4 nitrogen and oxygen atoms in total. The smallest absolute Gasteiger partial charge is 0.240 e. The first-order valence-corrected chi connectivity index (χ1v) is 7.22. The first kappa shape index (κ1) is 16.7. The molecule has 2 aliphatic carbocycles. The summed E-state index contributed by atoms with van der Waals surface area (Å²) >= 11 is 0. The van der Waals surface area contributed by atoms with Gasteiger partial charge in [0.05, 0.1) is 11.6 Å². The summed E-state index contributed by atoms with van der Waals surface area (Å²) in [5.41, 5.74) is 5.29. The fourth-order valence-corrected chi connectivity index (χ4v) is 3.28. The number of carbonyl (C=O) groups excluding carboxylic acids is 1. The summed E-state index contributed by atoms with van der Waals surface area (Å²) in [7, 11) is 0. The van der Waals surface area contributed by atoms with Crippen molar-refractivity contribution in [2.24, 2.45) is 11.1 Å². The van der Waals surface area contributed by atoms with Crippen LogP contribution in [-0.4, -0.2) is 29.2 Å². The summed E-state index contributed by atoms with van der Waals surface area (Å²) in [5.74, 6) is -0.0287. The molecule has 2 rings (SSSR count). The summed E-state index contributed by atoms with van der Waals surface area (Å²) in [6.07, 6.45) is 7.42. The van der Waals surface area contributed by atoms with E-state index in [1.54, 1.807) is 0 Å². The Kier molecular flexibility index (Phi) is 5.65. The molecule has 0 aromatic carbocycles. The molecule has 0 aromatic heterocycles. The molecule has 0 bridgehead atoms. The van der Waals surface area contributed by atoms with Gasteiger partial charge < -0.3 is 16.2 Å². The van der Waals surface area contributed by atoms with Gasteiger partial charge in [0.25, 0.3) is 0 Å². The van der Waals surface area contributed by atoms with Crippen LogP contribution in [0.4, 0.5) is 0 Å². The van der Waals surface area contributed by atoms with E-state index < -0.39 is 5.54 Å². The van der Waals surface area contributed by atoms with Crippen molar-refractivity contribution in [3.05, 3.63) is 0 Å². The number of hydrogen-bond donors (Lipinski definition) is 3. The third kappa shape index (κ3) is 3.61. The quantitative estimate of drug-likeness (QED) is 0.741. The predicted molar refractivity (Wildman–Crippen MR) is 78.2 cm³/mol. The maximum atomic E-state index is 12.1. The Morgan fingerprint density at radius 3 is 2.42 bits per heavy atom. The number of carbonyl (C=O) groups is 1. The fraction of sp³-hybridized carbons (Fsp3) is 0.929. The van der Waals surface area contributed by atoms with E-state index in [4.69, 9.17) is 5.73 Å². The van der Waals surface area contributed by atoms with Crippen molar-refractivity contribution >= 4 is 18.3 Å². The normalized spacial score (nSPS) is 33.5.